The molecule has 0 aliphatic carbocycles. The van der Waals surface area contributed by atoms with Crippen LogP contribution in [0.15, 0.2) is 66.7 Å². The number of halogens is 5. The minimum atomic E-state index is -1.25. The van der Waals surface area contributed by atoms with Crippen molar-refractivity contribution in [1.29, 1.82) is 0 Å². The SMILES string of the molecule is CCCc1ccc(-c2ccc(-c3ccc(-c4ccc(CCC)c(F)c4F)c(F)c3F)c(Cl)c2)cc1. The topological polar surface area (TPSA) is 0 Å². The monoisotopic (exact) mass is 496 g/mol. The van der Waals surface area contributed by atoms with Gasteiger partial charge in [-0.3, -0.25) is 0 Å². The predicted octanol–water partition coefficient (Wildman–Crippen LogP) is 9.80. The van der Waals surface area contributed by atoms with Crippen molar-refractivity contribution < 1.29 is 17.6 Å². The number of rotatable bonds is 7. The highest BCUT2D eigenvalue weighted by atomic mass is 35.5. The molecule has 0 N–H and O–H groups in total. The molecule has 0 saturated carbocycles. The highest BCUT2D eigenvalue weighted by Crippen LogP contribution is 2.38. The average molecular weight is 497 g/mol. The van der Waals surface area contributed by atoms with Crippen LogP contribution in [0.4, 0.5) is 17.6 Å². The van der Waals surface area contributed by atoms with Gasteiger partial charge in [0.15, 0.2) is 23.3 Å². The van der Waals surface area contributed by atoms with Gasteiger partial charge in [0, 0.05) is 27.3 Å². The largest absolute Gasteiger partial charge is 0.203 e. The van der Waals surface area contributed by atoms with Gasteiger partial charge in [0.2, 0.25) is 0 Å². The maximum absolute atomic E-state index is 15.1. The lowest BCUT2D eigenvalue weighted by Crippen LogP contribution is -2.00. The van der Waals surface area contributed by atoms with Gasteiger partial charge in [-0.25, -0.2) is 17.6 Å². The summed E-state index contributed by atoms with van der Waals surface area (Å²) in [5.41, 5.74) is 2.86. The summed E-state index contributed by atoms with van der Waals surface area (Å²) in [6.45, 7) is 3.97. The van der Waals surface area contributed by atoms with E-state index < -0.39 is 23.3 Å². The molecule has 0 fully saturated rings. The highest BCUT2D eigenvalue weighted by molar-refractivity contribution is 6.33. The van der Waals surface area contributed by atoms with Crippen LogP contribution in [0, 0.1) is 23.3 Å². The van der Waals surface area contributed by atoms with Crippen molar-refractivity contribution in [3.8, 4) is 33.4 Å². The molecule has 0 aliphatic heterocycles. The third kappa shape index (κ3) is 4.99. The van der Waals surface area contributed by atoms with Gasteiger partial charge in [-0.1, -0.05) is 99.0 Å². The zero-order valence-electron chi connectivity index (χ0n) is 19.6. The molecule has 0 saturated heterocycles. The van der Waals surface area contributed by atoms with Crippen molar-refractivity contribution in [2.75, 3.05) is 0 Å². The minimum Gasteiger partial charge on any atom is -0.203 e. The molecule has 0 unspecified atom stereocenters. The molecule has 0 aliphatic rings. The van der Waals surface area contributed by atoms with Gasteiger partial charge in [0.25, 0.3) is 0 Å². The van der Waals surface area contributed by atoms with E-state index in [0.717, 1.165) is 24.0 Å². The van der Waals surface area contributed by atoms with Crippen LogP contribution in [0.3, 0.4) is 0 Å². The molecule has 0 nitrogen and oxygen atoms in total. The Bertz CT molecular complexity index is 1360. The molecule has 180 valence electrons. The van der Waals surface area contributed by atoms with Crippen LogP contribution in [-0.2, 0) is 12.8 Å². The van der Waals surface area contributed by atoms with E-state index in [1.807, 2.05) is 19.1 Å². The summed E-state index contributed by atoms with van der Waals surface area (Å²) in [5.74, 6) is -4.64. The van der Waals surface area contributed by atoms with E-state index in [-0.39, 0.29) is 27.3 Å². The van der Waals surface area contributed by atoms with Crippen LogP contribution in [0.2, 0.25) is 5.02 Å². The molecule has 0 bridgehead atoms. The van der Waals surface area contributed by atoms with Gasteiger partial charge in [-0.2, -0.15) is 0 Å². The molecule has 0 spiro atoms. The molecule has 4 aromatic carbocycles. The van der Waals surface area contributed by atoms with E-state index in [9.17, 15) is 8.78 Å². The fraction of sp³-hybridized carbons (Fsp3) is 0.200. The number of aryl methyl sites for hydroxylation is 2. The molecule has 0 heterocycles. The van der Waals surface area contributed by atoms with Crippen molar-refractivity contribution in [2.24, 2.45) is 0 Å². The van der Waals surface area contributed by atoms with Gasteiger partial charge < -0.3 is 0 Å². The molecule has 4 rings (SSSR count). The van der Waals surface area contributed by atoms with Crippen LogP contribution in [0.25, 0.3) is 33.4 Å². The fourth-order valence-electron chi connectivity index (χ4n) is 4.29. The molecular weight excluding hydrogens is 472 g/mol. The van der Waals surface area contributed by atoms with Crippen LogP contribution in [-0.4, -0.2) is 0 Å². The zero-order valence-corrected chi connectivity index (χ0v) is 20.3. The second-order valence-corrected chi connectivity index (χ2v) is 8.99. The normalized spacial score (nSPS) is 11.2. The predicted molar refractivity (Wildman–Crippen MR) is 136 cm³/mol. The zero-order chi connectivity index (χ0) is 25.1. The molecule has 4 aromatic rings. The van der Waals surface area contributed by atoms with Crippen molar-refractivity contribution in [3.05, 3.63) is 106 Å². The lowest BCUT2D eigenvalue weighted by Gasteiger charge is -2.13. The molecule has 35 heavy (non-hydrogen) atoms. The third-order valence-corrected chi connectivity index (χ3v) is 6.45. The summed E-state index contributed by atoms with van der Waals surface area (Å²) in [6.07, 6.45) is 3.06. The highest BCUT2D eigenvalue weighted by Gasteiger charge is 2.22. The van der Waals surface area contributed by atoms with E-state index in [2.05, 4.69) is 19.1 Å². The summed E-state index contributed by atoms with van der Waals surface area (Å²) in [7, 11) is 0. The number of benzene rings is 4. The summed E-state index contributed by atoms with van der Waals surface area (Å²) in [4.78, 5) is 0. The lowest BCUT2D eigenvalue weighted by atomic mass is 9.95. The van der Waals surface area contributed by atoms with E-state index >= 15 is 8.78 Å². The number of hydrogen-bond acceptors (Lipinski definition) is 0. The first-order valence-electron chi connectivity index (χ1n) is 11.7. The van der Waals surface area contributed by atoms with E-state index in [0.29, 0.717) is 18.4 Å². The molecule has 0 aromatic heterocycles. The fourth-order valence-corrected chi connectivity index (χ4v) is 4.57. The van der Waals surface area contributed by atoms with Gasteiger partial charge in [-0.15, -0.1) is 0 Å². The molecular formula is C30H25ClF4. The molecule has 5 heteroatoms. The Labute approximate surface area is 208 Å². The van der Waals surface area contributed by atoms with E-state index in [4.69, 9.17) is 11.6 Å². The Kier molecular flexibility index (Phi) is 7.61. The first kappa shape index (κ1) is 25.0. The summed E-state index contributed by atoms with van der Waals surface area (Å²) in [6, 6.07) is 18.6. The van der Waals surface area contributed by atoms with Crippen LogP contribution in [0.5, 0.6) is 0 Å². The van der Waals surface area contributed by atoms with Crippen LogP contribution < -0.4 is 0 Å². The average Bonchev–Trinajstić information content (AvgIpc) is 2.85. The van der Waals surface area contributed by atoms with Gasteiger partial charge in [-0.05, 0) is 41.2 Å². The minimum absolute atomic E-state index is 0.0513. The summed E-state index contributed by atoms with van der Waals surface area (Å²) >= 11 is 6.47. The Morgan fingerprint density at radius 1 is 0.543 bits per heavy atom. The lowest BCUT2D eigenvalue weighted by molar-refractivity contribution is 0.495. The van der Waals surface area contributed by atoms with Gasteiger partial charge >= 0.3 is 0 Å². The second kappa shape index (κ2) is 10.7. The summed E-state index contributed by atoms with van der Waals surface area (Å²) < 4.78 is 59.3. The first-order chi connectivity index (χ1) is 16.8. The Morgan fingerprint density at radius 2 is 1.03 bits per heavy atom. The Hall–Kier alpha value is -3.11. The van der Waals surface area contributed by atoms with Crippen molar-refractivity contribution in [3.63, 3.8) is 0 Å². The Morgan fingerprint density at radius 3 is 1.60 bits per heavy atom. The van der Waals surface area contributed by atoms with Crippen molar-refractivity contribution in [1.82, 2.24) is 0 Å². The number of hydrogen-bond donors (Lipinski definition) is 0. The standard InChI is InChI=1S/C30H25ClF4/c1-3-5-18-7-9-19(10-8-18)21-12-13-22(26(31)17-21)23-15-16-25(30(35)29(23)34)24-14-11-20(6-4-2)27(32)28(24)33/h7-17H,3-6H2,1-2H3. The molecule has 0 radical (unpaired) electrons. The van der Waals surface area contributed by atoms with E-state index in [1.165, 1.54) is 29.8 Å². The van der Waals surface area contributed by atoms with Gasteiger partial charge in [0.05, 0.1) is 0 Å². The van der Waals surface area contributed by atoms with Crippen LogP contribution >= 0.6 is 11.6 Å². The maximum Gasteiger partial charge on any atom is 0.167 e. The van der Waals surface area contributed by atoms with Crippen LogP contribution in [0.1, 0.15) is 37.8 Å². The smallest absolute Gasteiger partial charge is 0.167 e. The molecule has 0 atom stereocenters. The summed E-state index contributed by atoms with van der Waals surface area (Å²) in [5, 5.41) is 0.257. The van der Waals surface area contributed by atoms with Crippen molar-refractivity contribution in [2.45, 2.75) is 39.5 Å². The maximum atomic E-state index is 15.1. The van der Waals surface area contributed by atoms with Crippen molar-refractivity contribution >= 4 is 11.6 Å². The third-order valence-electron chi connectivity index (χ3n) is 6.14. The van der Waals surface area contributed by atoms with E-state index in [1.54, 1.807) is 18.2 Å². The molecule has 0 amide bonds. The quantitative estimate of drug-likeness (QED) is 0.223. The first-order valence-corrected chi connectivity index (χ1v) is 12.1. The Balaban J connectivity index is 1.69. The second-order valence-electron chi connectivity index (χ2n) is 8.58. The van der Waals surface area contributed by atoms with Gasteiger partial charge in [0.1, 0.15) is 0 Å².